The van der Waals surface area contributed by atoms with Gasteiger partial charge in [0.15, 0.2) is 0 Å². The number of nitrogens with two attached hydrogens (primary N) is 1. The summed E-state index contributed by atoms with van der Waals surface area (Å²) in [5.41, 5.74) is 6.54. The van der Waals surface area contributed by atoms with Crippen molar-refractivity contribution in [1.29, 1.82) is 0 Å². The summed E-state index contributed by atoms with van der Waals surface area (Å²) in [6.45, 7) is 2.31. The molecule has 2 N–H and O–H groups in total. The van der Waals surface area contributed by atoms with Crippen molar-refractivity contribution in [2.75, 3.05) is 18.9 Å². The number of rotatable bonds is 6. The van der Waals surface area contributed by atoms with Gasteiger partial charge in [-0.1, -0.05) is 0 Å². The maximum absolute atomic E-state index is 11.5. The highest BCUT2D eigenvalue weighted by Crippen LogP contribution is 2.07. The lowest BCUT2D eigenvalue weighted by atomic mass is 10.2. The third kappa shape index (κ3) is 4.86. The standard InChI is InChI=1S/C13H17NO4/c1-2-17-12(15)4-3-9-18-13(16)10-5-7-11(14)8-6-10/h5-8H,2-4,9,14H2,1H3. The largest absolute Gasteiger partial charge is 0.466 e. The summed E-state index contributed by atoms with van der Waals surface area (Å²) in [6, 6.07) is 6.47. The average molecular weight is 251 g/mol. The Labute approximate surface area is 106 Å². The molecule has 1 rings (SSSR count). The Morgan fingerprint density at radius 1 is 1.17 bits per heavy atom. The van der Waals surface area contributed by atoms with Crippen molar-refractivity contribution < 1.29 is 19.1 Å². The van der Waals surface area contributed by atoms with Crippen molar-refractivity contribution in [1.82, 2.24) is 0 Å². The molecule has 0 aliphatic rings. The number of hydrogen-bond acceptors (Lipinski definition) is 5. The second-order valence-corrected chi connectivity index (χ2v) is 3.67. The molecule has 0 spiro atoms. The molecule has 0 aliphatic heterocycles. The first-order valence-electron chi connectivity index (χ1n) is 5.81. The molecule has 5 heteroatoms. The van der Waals surface area contributed by atoms with E-state index in [1.807, 2.05) is 0 Å². The van der Waals surface area contributed by atoms with E-state index in [-0.39, 0.29) is 19.0 Å². The first kappa shape index (κ1) is 14.0. The Balaban J connectivity index is 2.25. The van der Waals surface area contributed by atoms with Gasteiger partial charge in [-0.2, -0.15) is 0 Å². The molecule has 0 radical (unpaired) electrons. The van der Waals surface area contributed by atoms with Crippen LogP contribution in [0.4, 0.5) is 5.69 Å². The van der Waals surface area contributed by atoms with E-state index in [0.717, 1.165) is 0 Å². The minimum atomic E-state index is -0.418. The van der Waals surface area contributed by atoms with Gasteiger partial charge in [-0.3, -0.25) is 4.79 Å². The Morgan fingerprint density at radius 2 is 1.83 bits per heavy atom. The van der Waals surface area contributed by atoms with Crippen molar-refractivity contribution in [3.63, 3.8) is 0 Å². The molecule has 98 valence electrons. The average Bonchev–Trinajstić information content (AvgIpc) is 2.35. The highest BCUT2D eigenvalue weighted by atomic mass is 16.5. The van der Waals surface area contributed by atoms with Gasteiger partial charge in [0, 0.05) is 12.1 Å². The van der Waals surface area contributed by atoms with Gasteiger partial charge in [0.1, 0.15) is 0 Å². The zero-order valence-electron chi connectivity index (χ0n) is 10.3. The maximum Gasteiger partial charge on any atom is 0.338 e. The molecule has 0 fully saturated rings. The smallest absolute Gasteiger partial charge is 0.338 e. The number of hydrogen-bond donors (Lipinski definition) is 1. The second-order valence-electron chi connectivity index (χ2n) is 3.67. The monoisotopic (exact) mass is 251 g/mol. The topological polar surface area (TPSA) is 78.6 Å². The fraction of sp³-hybridized carbons (Fsp3) is 0.385. The summed E-state index contributed by atoms with van der Waals surface area (Å²) in [6.07, 6.45) is 0.711. The first-order valence-corrected chi connectivity index (χ1v) is 5.81. The zero-order chi connectivity index (χ0) is 13.4. The molecule has 0 heterocycles. The number of ether oxygens (including phenoxy) is 2. The SMILES string of the molecule is CCOC(=O)CCCOC(=O)c1ccc(N)cc1. The van der Waals surface area contributed by atoms with Crippen LogP contribution in [0.25, 0.3) is 0 Å². The van der Waals surface area contributed by atoms with Gasteiger partial charge in [-0.25, -0.2) is 4.79 Å². The molecule has 5 nitrogen and oxygen atoms in total. The van der Waals surface area contributed by atoms with E-state index in [0.29, 0.717) is 24.3 Å². The molecule has 1 aromatic carbocycles. The molecule has 0 saturated carbocycles. The number of esters is 2. The van der Waals surface area contributed by atoms with Crippen molar-refractivity contribution in [2.24, 2.45) is 0 Å². The lowest BCUT2D eigenvalue weighted by Gasteiger charge is -2.05. The Hall–Kier alpha value is -2.04. The molecule has 0 unspecified atom stereocenters. The van der Waals surface area contributed by atoms with E-state index < -0.39 is 5.97 Å². The second kappa shape index (κ2) is 7.32. The minimum absolute atomic E-state index is 0.196. The molecule has 0 saturated heterocycles. The maximum atomic E-state index is 11.5. The van der Waals surface area contributed by atoms with Crippen molar-refractivity contribution in [3.8, 4) is 0 Å². The van der Waals surface area contributed by atoms with Crippen LogP contribution >= 0.6 is 0 Å². The highest BCUT2D eigenvalue weighted by Gasteiger charge is 2.07. The van der Waals surface area contributed by atoms with Gasteiger partial charge in [0.05, 0.1) is 18.8 Å². The van der Waals surface area contributed by atoms with Crippen LogP contribution in [0.5, 0.6) is 0 Å². The summed E-state index contributed by atoms with van der Waals surface area (Å²) >= 11 is 0. The van der Waals surface area contributed by atoms with Gasteiger partial charge in [0.2, 0.25) is 0 Å². The molecular formula is C13H17NO4. The summed E-state index contributed by atoms with van der Waals surface area (Å²) in [5, 5.41) is 0. The van der Waals surface area contributed by atoms with Gasteiger partial charge >= 0.3 is 11.9 Å². The van der Waals surface area contributed by atoms with Gasteiger partial charge in [0.25, 0.3) is 0 Å². The van der Waals surface area contributed by atoms with Crippen LogP contribution in [0, 0.1) is 0 Å². The predicted octanol–water partition coefficient (Wildman–Crippen LogP) is 1.77. The summed E-state index contributed by atoms with van der Waals surface area (Å²) in [5.74, 6) is -0.695. The normalized spacial score (nSPS) is 9.83. The van der Waals surface area contributed by atoms with Crippen molar-refractivity contribution in [3.05, 3.63) is 29.8 Å². The van der Waals surface area contributed by atoms with Crippen LogP contribution < -0.4 is 5.73 Å². The Morgan fingerprint density at radius 3 is 2.44 bits per heavy atom. The zero-order valence-corrected chi connectivity index (χ0v) is 10.3. The molecule has 1 aromatic rings. The quantitative estimate of drug-likeness (QED) is 0.473. The number of nitrogen functional groups attached to an aromatic ring is 1. The lowest BCUT2D eigenvalue weighted by Crippen LogP contribution is -2.09. The fourth-order valence-corrected chi connectivity index (χ4v) is 1.32. The van der Waals surface area contributed by atoms with E-state index >= 15 is 0 Å². The van der Waals surface area contributed by atoms with E-state index in [2.05, 4.69) is 0 Å². The lowest BCUT2D eigenvalue weighted by molar-refractivity contribution is -0.143. The van der Waals surface area contributed by atoms with Gasteiger partial charge in [-0.05, 0) is 37.6 Å². The minimum Gasteiger partial charge on any atom is -0.466 e. The highest BCUT2D eigenvalue weighted by molar-refractivity contribution is 5.89. The fourth-order valence-electron chi connectivity index (χ4n) is 1.32. The third-order valence-corrected chi connectivity index (χ3v) is 2.21. The predicted molar refractivity (Wildman–Crippen MR) is 67.0 cm³/mol. The number of anilines is 1. The van der Waals surface area contributed by atoms with Crippen molar-refractivity contribution >= 4 is 17.6 Å². The number of carbonyl (C=O) groups excluding carboxylic acids is 2. The molecule has 18 heavy (non-hydrogen) atoms. The summed E-state index contributed by atoms with van der Waals surface area (Å²) in [4.78, 5) is 22.6. The van der Waals surface area contributed by atoms with Crippen molar-refractivity contribution in [2.45, 2.75) is 19.8 Å². The third-order valence-electron chi connectivity index (χ3n) is 2.21. The first-order chi connectivity index (χ1) is 8.63. The molecule has 0 aliphatic carbocycles. The Bertz CT molecular complexity index is 400. The van der Waals surface area contributed by atoms with E-state index in [4.69, 9.17) is 15.2 Å². The van der Waals surface area contributed by atoms with E-state index in [9.17, 15) is 9.59 Å². The van der Waals surface area contributed by atoms with Crippen LogP contribution in [0.2, 0.25) is 0 Å². The van der Waals surface area contributed by atoms with Gasteiger partial charge in [-0.15, -0.1) is 0 Å². The summed E-state index contributed by atoms with van der Waals surface area (Å²) in [7, 11) is 0. The van der Waals surface area contributed by atoms with Crippen LogP contribution in [0.1, 0.15) is 30.1 Å². The van der Waals surface area contributed by atoms with Crippen LogP contribution in [-0.2, 0) is 14.3 Å². The molecule has 0 amide bonds. The summed E-state index contributed by atoms with van der Waals surface area (Å²) < 4.78 is 9.76. The Kier molecular flexibility index (Phi) is 5.70. The van der Waals surface area contributed by atoms with Crippen LogP contribution in [-0.4, -0.2) is 25.2 Å². The molecular weight excluding hydrogens is 234 g/mol. The van der Waals surface area contributed by atoms with E-state index in [1.54, 1.807) is 31.2 Å². The van der Waals surface area contributed by atoms with Gasteiger partial charge < -0.3 is 15.2 Å². The molecule has 0 aromatic heterocycles. The number of carbonyl (C=O) groups is 2. The molecule has 0 bridgehead atoms. The number of benzene rings is 1. The molecule has 0 atom stereocenters. The van der Waals surface area contributed by atoms with E-state index in [1.165, 1.54) is 0 Å². The van der Waals surface area contributed by atoms with Crippen LogP contribution in [0.3, 0.4) is 0 Å². The van der Waals surface area contributed by atoms with Crippen LogP contribution in [0.15, 0.2) is 24.3 Å².